The number of H-pyrrole nitrogens is 1. The van der Waals surface area contributed by atoms with Crippen LogP contribution < -0.4 is 15.4 Å². The highest BCUT2D eigenvalue weighted by Crippen LogP contribution is 2.11. The zero-order valence-electron chi connectivity index (χ0n) is 13.0. The van der Waals surface area contributed by atoms with Gasteiger partial charge in [-0.1, -0.05) is 0 Å². The molecule has 2 aromatic rings. The van der Waals surface area contributed by atoms with E-state index in [2.05, 4.69) is 25.8 Å². The number of nitrogens with one attached hydrogen (secondary N) is 3. The van der Waals surface area contributed by atoms with Crippen molar-refractivity contribution in [1.29, 1.82) is 0 Å². The molecule has 0 aliphatic carbocycles. The van der Waals surface area contributed by atoms with Gasteiger partial charge in [0.25, 0.3) is 0 Å². The van der Waals surface area contributed by atoms with Crippen LogP contribution in [0.2, 0.25) is 0 Å². The Bertz CT molecular complexity index is 609. The van der Waals surface area contributed by atoms with Gasteiger partial charge in [0.05, 0.1) is 24.2 Å². The summed E-state index contributed by atoms with van der Waals surface area (Å²) >= 11 is 0. The van der Waals surface area contributed by atoms with E-state index < -0.39 is 0 Å². The molecule has 2 heterocycles. The Kier molecular flexibility index (Phi) is 5.35. The van der Waals surface area contributed by atoms with Crippen LogP contribution in [0.1, 0.15) is 25.2 Å². The number of aromatic amines is 1. The monoisotopic (exact) mass is 303 g/mol. The number of anilines is 1. The first-order valence-electron chi connectivity index (χ1n) is 7.24. The summed E-state index contributed by atoms with van der Waals surface area (Å²) in [5.41, 5.74) is 2.55. The minimum atomic E-state index is -0.272. The SMILES string of the molecule is CCOc1ccc(NC(=O)N[C@H](C)Cc2cc(C)[nH]n2)cn1. The van der Waals surface area contributed by atoms with E-state index in [0.29, 0.717) is 24.6 Å². The lowest BCUT2D eigenvalue weighted by atomic mass is 10.2. The van der Waals surface area contributed by atoms with E-state index in [9.17, 15) is 4.79 Å². The number of nitrogens with zero attached hydrogens (tertiary/aromatic N) is 2. The van der Waals surface area contributed by atoms with E-state index in [-0.39, 0.29) is 12.1 Å². The molecule has 3 N–H and O–H groups in total. The van der Waals surface area contributed by atoms with Gasteiger partial charge in [-0.25, -0.2) is 9.78 Å². The molecule has 0 aliphatic heterocycles. The maximum absolute atomic E-state index is 11.9. The first kappa shape index (κ1) is 15.8. The van der Waals surface area contributed by atoms with Gasteiger partial charge in [-0.05, 0) is 32.9 Å². The number of urea groups is 1. The van der Waals surface area contributed by atoms with Gasteiger partial charge in [0.15, 0.2) is 0 Å². The molecule has 0 saturated carbocycles. The van der Waals surface area contributed by atoms with Gasteiger partial charge in [-0.2, -0.15) is 5.10 Å². The van der Waals surface area contributed by atoms with Gasteiger partial charge in [-0.3, -0.25) is 5.10 Å². The molecule has 1 atom stereocenters. The predicted octanol–water partition coefficient (Wildman–Crippen LogP) is 2.26. The summed E-state index contributed by atoms with van der Waals surface area (Å²) in [4.78, 5) is 16.0. The number of hydrogen-bond donors (Lipinski definition) is 3. The average Bonchev–Trinajstić information content (AvgIpc) is 2.86. The summed E-state index contributed by atoms with van der Waals surface area (Å²) in [5.74, 6) is 0.538. The van der Waals surface area contributed by atoms with Gasteiger partial charge in [0.1, 0.15) is 0 Å². The highest BCUT2D eigenvalue weighted by molar-refractivity contribution is 5.89. The maximum atomic E-state index is 11.9. The molecule has 0 aliphatic rings. The number of amides is 2. The predicted molar refractivity (Wildman–Crippen MR) is 84.1 cm³/mol. The molecular weight excluding hydrogens is 282 g/mol. The van der Waals surface area contributed by atoms with Crippen molar-refractivity contribution in [2.45, 2.75) is 33.2 Å². The lowest BCUT2D eigenvalue weighted by molar-refractivity contribution is 0.249. The first-order chi connectivity index (χ1) is 10.6. The Morgan fingerprint density at radius 3 is 2.86 bits per heavy atom. The zero-order valence-corrected chi connectivity index (χ0v) is 13.0. The van der Waals surface area contributed by atoms with Crippen molar-refractivity contribution >= 4 is 11.7 Å². The molecule has 0 bridgehead atoms. The Balaban J connectivity index is 1.81. The topological polar surface area (TPSA) is 91.9 Å². The van der Waals surface area contributed by atoms with Crippen LogP contribution in [0.3, 0.4) is 0 Å². The van der Waals surface area contributed by atoms with Crippen LogP contribution in [-0.4, -0.2) is 33.9 Å². The molecule has 0 saturated heterocycles. The third-order valence-corrected chi connectivity index (χ3v) is 2.94. The fraction of sp³-hybridized carbons (Fsp3) is 0.400. The Labute approximate surface area is 129 Å². The molecule has 0 fully saturated rings. The summed E-state index contributed by atoms with van der Waals surface area (Å²) in [5, 5.41) is 12.6. The van der Waals surface area contributed by atoms with Gasteiger partial charge in [0.2, 0.25) is 5.88 Å². The van der Waals surface area contributed by atoms with Crippen molar-refractivity contribution in [3.8, 4) is 5.88 Å². The van der Waals surface area contributed by atoms with Crippen molar-refractivity contribution in [3.63, 3.8) is 0 Å². The van der Waals surface area contributed by atoms with Crippen LogP contribution in [0.5, 0.6) is 5.88 Å². The second kappa shape index (κ2) is 7.44. The molecule has 2 amide bonds. The number of carbonyl (C=O) groups excluding carboxylic acids is 1. The summed E-state index contributed by atoms with van der Waals surface area (Å²) in [6.45, 7) is 6.33. The minimum Gasteiger partial charge on any atom is -0.478 e. The van der Waals surface area contributed by atoms with Gasteiger partial charge in [0, 0.05) is 24.2 Å². The van der Waals surface area contributed by atoms with Gasteiger partial charge >= 0.3 is 6.03 Å². The molecule has 2 rings (SSSR count). The molecule has 0 aromatic carbocycles. The zero-order chi connectivity index (χ0) is 15.9. The van der Waals surface area contributed by atoms with E-state index in [1.807, 2.05) is 26.8 Å². The van der Waals surface area contributed by atoms with E-state index in [4.69, 9.17) is 4.74 Å². The molecule has 7 heteroatoms. The summed E-state index contributed by atoms with van der Waals surface area (Å²) < 4.78 is 5.25. The van der Waals surface area contributed by atoms with Crippen molar-refractivity contribution in [2.24, 2.45) is 0 Å². The molecule has 0 radical (unpaired) electrons. The lowest BCUT2D eigenvalue weighted by Crippen LogP contribution is -2.37. The van der Waals surface area contributed by atoms with Crippen LogP contribution >= 0.6 is 0 Å². The molecule has 0 unspecified atom stereocenters. The highest BCUT2D eigenvalue weighted by Gasteiger charge is 2.10. The molecule has 22 heavy (non-hydrogen) atoms. The van der Waals surface area contributed by atoms with E-state index in [0.717, 1.165) is 11.4 Å². The van der Waals surface area contributed by atoms with E-state index in [1.54, 1.807) is 18.3 Å². The minimum absolute atomic E-state index is 0.0293. The van der Waals surface area contributed by atoms with Crippen LogP contribution in [0.4, 0.5) is 10.5 Å². The molecular formula is C15H21N5O2. The van der Waals surface area contributed by atoms with E-state index >= 15 is 0 Å². The molecule has 7 nitrogen and oxygen atoms in total. The van der Waals surface area contributed by atoms with Gasteiger partial charge in [-0.15, -0.1) is 0 Å². The number of carbonyl (C=O) groups is 1. The second-order valence-corrected chi connectivity index (χ2v) is 5.06. The molecule has 0 spiro atoms. The third-order valence-electron chi connectivity index (χ3n) is 2.94. The number of aryl methyl sites for hydroxylation is 1. The first-order valence-corrected chi connectivity index (χ1v) is 7.24. The smallest absolute Gasteiger partial charge is 0.319 e. The fourth-order valence-corrected chi connectivity index (χ4v) is 2.02. The Hall–Kier alpha value is -2.57. The fourth-order valence-electron chi connectivity index (χ4n) is 2.02. The summed E-state index contributed by atoms with van der Waals surface area (Å²) in [7, 11) is 0. The van der Waals surface area contributed by atoms with Crippen molar-refractivity contribution in [3.05, 3.63) is 35.8 Å². The molecule has 118 valence electrons. The second-order valence-electron chi connectivity index (χ2n) is 5.06. The van der Waals surface area contributed by atoms with Crippen LogP contribution in [0.15, 0.2) is 24.4 Å². The number of rotatable bonds is 6. The Morgan fingerprint density at radius 1 is 1.45 bits per heavy atom. The summed E-state index contributed by atoms with van der Waals surface area (Å²) in [6, 6.07) is 5.13. The average molecular weight is 303 g/mol. The van der Waals surface area contributed by atoms with Crippen molar-refractivity contribution in [2.75, 3.05) is 11.9 Å². The molecule has 2 aromatic heterocycles. The Morgan fingerprint density at radius 2 is 2.27 bits per heavy atom. The third kappa shape index (κ3) is 4.76. The van der Waals surface area contributed by atoms with Crippen molar-refractivity contribution in [1.82, 2.24) is 20.5 Å². The standard InChI is InChI=1S/C15H21N5O2/c1-4-22-14-6-5-12(9-16-14)18-15(21)17-10(2)7-13-8-11(3)19-20-13/h5-6,8-10H,4,7H2,1-3H3,(H,19,20)(H2,17,18,21)/t10-/m1/s1. The maximum Gasteiger partial charge on any atom is 0.319 e. The largest absolute Gasteiger partial charge is 0.478 e. The number of hydrogen-bond acceptors (Lipinski definition) is 4. The van der Waals surface area contributed by atoms with Crippen LogP contribution in [0.25, 0.3) is 0 Å². The highest BCUT2D eigenvalue weighted by atomic mass is 16.5. The number of aromatic nitrogens is 3. The van der Waals surface area contributed by atoms with Crippen molar-refractivity contribution < 1.29 is 9.53 Å². The normalized spacial score (nSPS) is 11.8. The van der Waals surface area contributed by atoms with E-state index in [1.165, 1.54) is 0 Å². The number of pyridine rings is 1. The van der Waals surface area contributed by atoms with Crippen LogP contribution in [-0.2, 0) is 6.42 Å². The lowest BCUT2D eigenvalue weighted by Gasteiger charge is -2.13. The van der Waals surface area contributed by atoms with Crippen LogP contribution in [0, 0.1) is 6.92 Å². The summed E-state index contributed by atoms with van der Waals surface area (Å²) in [6.07, 6.45) is 2.23. The number of ether oxygens (including phenoxy) is 1. The van der Waals surface area contributed by atoms with Gasteiger partial charge < -0.3 is 15.4 Å². The quantitative estimate of drug-likeness (QED) is 0.763.